The predicted octanol–water partition coefficient (Wildman–Crippen LogP) is 3.25. The van der Waals surface area contributed by atoms with Gasteiger partial charge in [-0.1, -0.05) is 37.6 Å². The zero-order chi connectivity index (χ0) is 15.5. The Labute approximate surface area is 129 Å². The van der Waals surface area contributed by atoms with Gasteiger partial charge in [0.2, 0.25) is 0 Å². The van der Waals surface area contributed by atoms with Gasteiger partial charge in [-0.25, -0.2) is 0 Å². The Morgan fingerprint density at radius 3 is 2.52 bits per heavy atom. The number of hydrogen-bond acceptors (Lipinski definition) is 3. The van der Waals surface area contributed by atoms with Gasteiger partial charge in [0, 0.05) is 18.8 Å². The first-order valence-electron chi connectivity index (χ1n) is 7.88. The molecule has 0 spiro atoms. The van der Waals surface area contributed by atoms with Crippen LogP contribution in [0.15, 0.2) is 23.8 Å². The van der Waals surface area contributed by atoms with Gasteiger partial charge in [0.15, 0.2) is 0 Å². The summed E-state index contributed by atoms with van der Waals surface area (Å²) in [7, 11) is 0. The molecule has 1 heterocycles. The van der Waals surface area contributed by atoms with Gasteiger partial charge in [-0.3, -0.25) is 4.90 Å². The SMILES string of the molecule is C/C(=C\c1ccc(CN)cc1N)CN1CCC(C)(C)CC1. The van der Waals surface area contributed by atoms with E-state index in [9.17, 15) is 0 Å². The number of piperidine rings is 1. The molecule has 1 aromatic carbocycles. The van der Waals surface area contributed by atoms with Crippen LogP contribution in [0.1, 0.15) is 44.7 Å². The molecule has 1 fully saturated rings. The molecule has 2 rings (SSSR count). The van der Waals surface area contributed by atoms with Gasteiger partial charge in [0.1, 0.15) is 0 Å². The zero-order valence-corrected chi connectivity index (χ0v) is 13.7. The molecule has 0 saturated carbocycles. The summed E-state index contributed by atoms with van der Waals surface area (Å²) in [5.74, 6) is 0. The van der Waals surface area contributed by atoms with E-state index < -0.39 is 0 Å². The van der Waals surface area contributed by atoms with Gasteiger partial charge in [-0.05, 0) is 55.5 Å². The summed E-state index contributed by atoms with van der Waals surface area (Å²) in [5, 5.41) is 0. The maximum atomic E-state index is 6.10. The first-order valence-corrected chi connectivity index (χ1v) is 7.88. The lowest BCUT2D eigenvalue weighted by atomic mass is 9.82. The van der Waals surface area contributed by atoms with Crippen LogP contribution in [0.3, 0.4) is 0 Å². The number of nitrogen functional groups attached to an aromatic ring is 1. The second kappa shape index (κ2) is 6.63. The average molecular weight is 287 g/mol. The van der Waals surface area contributed by atoms with Crippen molar-refractivity contribution in [1.29, 1.82) is 0 Å². The Kier molecular flexibility index (Phi) is 5.07. The number of anilines is 1. The molecular formula is C18H29N3. The monoisotopic (exact) mass is 287 g/mol. The highest BCUT2D eigenvalue weighted by molar-refractivity contribution is 5.66. The van der Waals surface area contributed by atoms with E-state index in [0.717, 1.165) is 23.4 Å². The lowest BCUT2D eigenvalue weighted by Gasteiger charge is -2.37. The summed E-state index contributed by atoms with van der Waals surface area (Å²) in [6.07, 6.45) is 4.77. The number of benzene rings is 1. The van der Waals surface area contributed by atoms with Crippen LogP contribution < -0.4 is 11.5 Å². The van der Waals surface area contributed by atoms with E-state index in [1.54, 1.807) is 0 Å². The van der Waals surface area contributed by atoms with E-state index in [4.69, 9.17) is 11.5 Å². The van der Waals surface area contributed by atoms with Gasteiger partial charge in [0.05, 0.1) is 0 Å². The van der Waals surface area contributed by atoms with Crippen LogP contribution >= 0.6 is 0 Å². The van der Waals surface area contributed by atoms with E-state index in [0.29, 0.717) is 12.0 Å². The van der Waals surface area contributed by atoms with Gasteiger partial charge in [0.25, 0.3) is 0 Å². The lowest BCUT2D eigenvalue weighted by Crippen LogP contribution is -2.38. The molecule has 4 N–H and O–H groups in total. The van der Waals surface area contributed by atoms with Gasteiger partial charge in [-0.15, -0.1) is 0 Å². The normalized spacial score (nSPS) is 19.7. The van der Waals surface area contributed by atoms with Crippen LogP contribution in [0.25, 0.3) is 6.08 Å². The highest BCUT2D eigenvalue weighted by Crippen LogP contribution is 2.30. The summed E-state index contributed by atoms with van der Waals surface area (Å²) in [4.78, 5) is 2.54. The minimum Gasteiger partial charge on any atom is -0.398 e. The maximum Gasteiger partial charge on any atom is 0.0390 e. The molecule has 3 heteroatoms. The average Bonchev–Trinajstić information content (AvgIpc) is 2.43. The number of likely N-dealkylation sites (tertiary alicyclic amines) is 1. The van der Waals surface area contributed by atoms with Gasteiger partial charge < -0.3 is 11.5 Å². The predicted molar refractivity (Wildman–Crippen MR) is 91.9 cm³/mol. The largest absolute Gasteiger partial charge is 0.398 e. The van der Waals surface area contributed by atoms with E-state index in [1.807, 2.05) is 6.07 Å². The van der Waals surface area contributed by atoms with Crippen molar-refractivity contribution in [2.75, 3.05) is 25.4 Å². The zero-order valence-electron chi connectivity index (χ0n) is 13.7. The first kappa shape index (κ1) is 16.1. The first-order chi connectivity index (χ1) is 9.89. The fourth-order valence-corrected chi connectivity index (χ4v) is 2.86. The van der Waals surface area contributed by atoms with Gasteiger partial charge in [-0.2, -0.15) is 0 Å². The van der Waals surface area contributed by atoms with Crippen molar-refractivity contribution >= 4 is 11.8 Å². The molecule has 116 valence electrons. The smallest absolute Gasteiger partial charge is 0.0390 e. The molecule has 0 atom stereocenters. The minimum absolute atomic E-state index is 0.511. The number of hydrogen-bond donors (Lipinski definition) is 2. The van der Waals surface area contributed by atoms with Crippen molar-refractivity contribution < 1.29 is 0 Å². The third-order valence-corrected chi connectivity index (χ3v) is 4.47. The number of nitrogens with zero attached hydrogens (tertiary/aromatic N) is 1. The highest BCUT2D eigenvalue weighted by Gasteiger charge is 2.24. The Morgan fingerprint density at radius 1 is 1.29 bits per heavy atom. The number of nitrogens with two attached hydrogens (primary N) is 2. The molecule has 0 aromatic heterocycles. The molecule has 0 amide bonds. The van der Waals surface area contributed by atoms with Crippen LogP contribution in [-0.2, 0) is 6.54 Å². The molecule has 1 aliphatic rings. The number of rotatable bonds is 4. The van der Waals surface area contributed by atoms with Crippen molar-refractivity contribution in [2.45, 2.75) is 40.2 Å². The van der Waals surface area contributed by atoms with Crippen LogP contribution in [-0.4, -0.2) is 24.5 Å². The molecule has 0 bridgehead atoms. The summed E-state index contributed by atoms with van der Waals surface area (Å²) in [6, 6.07) is 6.10. The topological polar surface area (TPSA) is 55.3 Å². The third kappa shape index (κ3) is 4.58. The molecule has 0 radical (unpaired) electrons. The standard InChI is InChI=1S/C18H29N3/c1-14(13-21-8-6-18(2,3)7-9-21)10-16-5-4-15(12-19)11-17(16)20/h4-5,10-11H,6-9,12-13,19-20H2,1-3H3/b14-10+. The van der Waals surface area contributed by atoms with Crippen LogP contribution in [0.4, 0.5) is 5.69 Å². The second-order valence-corrected chi connectivity index (χ2v) is 7.10. The van der Waals surface area contributed by atoms with E-state index in [2.05, 4.69) is 43.9 Å². The minimum atomic E-state index is 0.511. The van der Waals surface area contributed by atoms with Crippen molar-refractivity contribution in [3.8, 4) is 0 Å². The summed E-state index contributed by atoms with van der Waals surface area (Å²) >= 11 is 0. The van der Waals surface area contributed by atoms with Gasteiger partial charge >= 0.3 is 0 Å². The fraction of sp³-hybridized carbons (Fsp3) is 0.556. The quantitative estimate of drug-likeness (QED) is 0.836. The Hall–Kier alpha value is -1.32. The Bertz CT molecular complexity index is 507. The molecule has 1 saturated heterocycles. The highest BCUT2D eigenvalue weighted by atomic mass is 15.1. The van der Waals surface area contributed by atoms with Crippen molar-refractivity contribution in [3.05, 3.63) is 34.9 Å². The molecule has 0 aliphatic carbocycles. The molecule has 1 aromatic rings. The van der Waals surface area contributed by atoms with Crippen molar-refractivity contribution in [1.82, 2.24) is 4.90 Å². The summed E-state index contributed by atoms with van der Waals surface area (Å²) in [6.45, 7) is 10.9. The van der Waals surface area contributed by atoms with E-state index in [1.165, 1.54) is 31.5 Å². The van der Waals surface area contributed by atoms with E-state index in [-0.39, 0.29) is 0 Å². The molecular weight excluding hydrogens is 258 g/mol. The molecule has 1 aliphatic heterocycles. The lowest BCUT2D eigenvalue weighted by molar-refractivity contribution is 0.142. The van der Waals surface area contributed by atoms with E-state index >= 15 is 0 Å². The summed E-state index contributed by atoms with van der Waals surface area (Å²) in [5.41, 5.74) is 16.6. The molecule has 21 heavy (non-hydrogen) atoms. The maximum absolute atomic E-state index is 6.10. The molecule has 0 unspecified atom stereocenters. The Morgan fingerprint density at radius 2 is 1.95 bits per heavy atom. The van der Waals surface area contributed by atoms with Crippen LogP contribution in [0.5, 0.6) is 0 Å². The van der Waals surface area contributed by atoms with Crippen molar-refractivity contribution in [3.63, 3.8) is 0 Å². The fourth-order valence-electron chi connectivity index (χ4n) is 2.86. The third-order valence-electron chi connectivity index (χ3n) is 4.47. The summed E-state index contributed by atoms with van der Waals surface area (Å²) < 4.78 is 0. The van der Waals surface area contributed by atoms with Crippen LogP contribution in [0.2, 0.25) is 0 Å². The molecule has 3 nitrogen and oxygen atoms in total. The Balaban J connectivity index is 1.98. The second-order valence-electron chi connectivity index (χ2n) is 7.10. The van der Waals surface area contributed by atoms with Crippen molar-refractivity contribution in [2.24, 2.45) is 11.1 Å². The van der Waals surface area contributed by atoms with Crippen LogP contribution in [0, 0.1) is 5.41 Å².